The van der Waals surface area contributed by atoms with Gasteiger partial charge in [0.05, 0.1) is 26.5 Å². The number of hydrogen-bond acceptors (Lipinski definition) is 4. The van der Waals surface area contributed by atoms with Crippen LogP contribution < -0.4 is 10.1 Å². The first-order chi connectivity index (χ1) is 9.72. The molecule has 2 aromatic rings. The van der Waals surface area contributed by atoms with E-state index in [1.807, 2.05) is 24.5 Å². The first kappa shape index (κ1) is 14.6. The highest BCUT2D eigenvalue weighted by Crippen LogP contribution is 2.17. The highest BCUT2D eigenvalue weighted by molar-refractivity contribution is 5.28. The van der Waals surface area contributed by atoms with Gasteiger partial charge in [-0.15, -0.1) is 0 Å². The fourth-order valence-corrected chi connectivity index (χ4v) is 2.00. The maximum Gasteiger partial charge on any atom is 0.118 e. The zero-order chi connectivity index (χ0) is 14.4. The zero-order valence-corrected chi connectivity index (χ0v) is 11.9. The Hall–Kier alpha value is -1.85. The number of benzene rings is 1. The standard InChI is InChI=1S/C15H21N3O2/c1-12(14-3-5-15(20-2)6-4-14)16-9-13-10-17-18(11-13)7-8-19/h3-6,10-12,16,19H,7-9H2,1-2H3/t12-/m0/s1. The van der Waals surface area contributed by atoms with Crippen LogP contribution >= 0.6 is 0 Å². The van der Waals surface area contributed by atoms with Crippen molar-refractivity contribution in [1.29, 1.82) is 0 Å². The average molecular weight is 275 g/mol. The second-order valence-corrected chi connectivity index (χ2v) is 4.71. The summed E-state index contributed by atoms with van der Waals surface area (Å²) in [5.74, 6) is 0.867. The van der Waals surface area contributed by atoms with Crippen molar-refractivity contribution >= 4 is 0 Å². The third-order valence-corrected chi connectivity index (χ3v) is 3.24. The van der Waals surface area contributed by atoms with E-state index in [0.717, 1.165) is 17.9 Å². The summed E-state index contributed by atoms with van der Waals surface area (Å²) in [6.45, 7) is 3.52. The summed E-state index contributed by atoms with van der Waals surface area (Å²) in [4.78, 5) is 0. The Bertz CT molecular complexity index is 522. The molecule has 2 rings (SSSR count). The van der Waals surface area contributed by atoms with E-state index in [9.17, 15) is 0 Å². The number of ether oxygens (including phenoxy) is 1. The fraction of sp³-hybridized carbons (Fsp3) is 0.400. The molecule has 0 saturated carbocycles. The molecule has 2 N–H and O–H groups in total. The number of aliphatic hydroxyl groups excluding tert-OH is 1. The summed E-state index contributed by atoms with van der Waals surface area (Å²) < 4.78 is 6.90. The molecule has 20 heavy (non-hydrogen) atoms. The number of methoxy groups -OCH3 is 1. The van der Waals surface area contributed by atoms with Crippen LogP contribution in [0.4, 0.5) is 0 Å². The van der Waals surface area contributed by atoms with Gasteiger partial charge in [-0.2, -0.15) is 5.10 Å². The largest absolute Gasteiger partial charge is 0.497 e. The van der Waals surface area contributed by atoms with Crippen LogP contribution in [-0.2, 0) is 13.1 Å². The first-order valence-corrected chi connectivity index (χ1v) is 6.72. The minimum atomic E-state index is 0.108. The molecule has 1 aromatic carbocycles. The molecule has 0 fully saturated rings. The molecule has 108 valence electrons. The van der Waals surface area contributed by atoms with Gasteiger partial charge in [0.1, 0.15) is 5.75 Å². The van der Waals surface area contributed by atoms with Crippen LogP contribution in [0.2, 0.25) is 0 Å². The van der Waals surface area contributed by atoms with Gasteiger partial charge >= 0.3 is 0 Å². The molecule has 0 amide bonds. The molecule has 0 spiro atoms. The van der Waals surface area contributed by atoms with Gasteiger partial charge in [-0.25, -0.2) is 0 Å². The second-order valence-electron chi connectivity index (χ2n) is 4.71. The Labute approximate surface area is 119 Å². The van der Waals surface area contributed by atoms with Crippen LogP contribution in [0, 0.1) is 0 Å². The van der Waals surface area contributed by atoms with Gasteiger partial charge in [0, 0.05) is 24.3 Å². The number of rotatable bonds is 7. The van der Waals surface area contributed by atoms with E-state index in [1.54, 1.807) is 11.8 Å². The minimum Gasteiger partial charge on any atom is -0.497 e. The van der Waals surface area contributed by atoms with E-state index >= 15 is 0 Å². The summed E-state index contributed by atoms with van der Waals surface area (Å²) in [6, 6.07) is 8.30. The van der Waals surface area contributed by atoms with Crippen molar-refractivity contribution in [3.63, 3.8) is 0 Å². The van der Waals surface area contributed by atoms with Crippen molar-refractivity contribution in [2.75, 3.05) is 13.7 Å². The fourth-order valence-electron chi connectivity index (χ4n) is 2.00. The van der Waals surface area contributed by atoms with Crippen molar-refractivity contribution in [3.05, 3.63) is 47.8 Å². The summed E-state index contributed by atoms with van der Waals surface area (Å²) in [5, 5.41) is 16.5. The van der Waals surface area contributed by atoms with Gasteiger partial charge in [0.15, 0.2) is 0 Å². The van der Waals surface area contributed by atoms with Gasteiger partial charge in [-0.3, -0.25) is 4.68 Å². The molecule has 0 aliphatic heterocycles. The van der Waals surface area contributed by atoms with Crippen LogP contribution in [-0.4, -0.2) is 28.6 Å². The molecule has 5 nitrogen and oxygen atoms in total. The highest BCUT2D eigenvalue weighted by atomic mass is 16.5. The van der Waals surface area contributed by atoms with Gasteiger partial charge < -0.3 is 15.2 Å². The number of aliphatic hydroxyl groups is 1. The Morgan fingerprint density at radius 1 is 1.35 bits per heavy atom. The van der Waals surface area contributed by atoms with E-state index in [2.05, 4.69) is 29.5 Å². The van der Waals surface area contributed by atoms with Gasteiger partial charge in [-0.05, 0) is 24.6 Å². The Kier molecular flexibility index (Phi) is 5.15. The summed E-state index contributed by atoms with van der Waals surface area (Å²) in [7, 11) is 1.67. The molecule has 1 heterocycles. The van der Waals surface area contributed by atoms with Gasteiger partial charge in [-0.1, -0.05) is 12.1 Å². The molecule has 1 atom stereocenters. The van der Waals surface area contributed by atoms with Crippen LogP contribution in [0.15, 0.2) is 36.7 Å². The molecule has 0 aliphatic rings. The van der Waals surface area contributed by atoms with Crippen molar-refractivity contribution in [1.82, 2.24) is 15.1 Å². The summed E-state index contributed by atoms with van der Waals surface area (Å²) in [5.41, 5.74) is 2.33. The number of nitrogens with one attached hydrogen (secondary N) is 1. The van der Waals surface area contributed by atoms with Crippen molar-refractivity contribution in [2.45, 2.75) is 26.1 Å². The minimum absolute atomic E-state index is 0.108. The lowest BCUT2D eigenvalue weighted by Gasteiger charge is -2.14. The lowest BCUT2D eigenvalue weighted by atomic mass is 10.1. The number of hydrogen-bond donors (Lipinski definition) is 2. The molecule has 1 aromatic heterocycles. The smallest absolute Gasteiger partial charge is 0.118 e. The number of nitrogens with zero attached hydrogens (tertiary/aromatic N) is 2. The maximum absolute atomic E-state index is 8.85. The molecule has 0 saturated heterocycles. The van der Waals surface area contributed by atoms with Crippen molar-refractivity contribution < 1.29 is 9.84 Å². The van der Waals surface area contributed by atoms with Gasteiger partial charge in [0.2, 0.25) is 0 Å². The SMILES string of the molecule is COc1ccc([C@H](C)NCc2cnn(CCO)c2)cc1. The molecule has 0 bridgehead atoms. The second kappa shape index (κ2) is 7.07. The topological polar surface area (TPSA) is 59.3 Å². The first-order valence-electron chi connectivity index (χ1n) is 6.72. The molecule has 0 radical (unpaired) electrons. The lowest BCUT2D eigenvalue weighted by Crippen LogP contribution is -2.17. The predicted octanol–water partition coefficient (Wildman–Crippen LogP) is 1.73. The normalized spacial score (nSPS) is 12.3. The highest BCUT2D eigenvalue weighted by Gasteiger charge is 2.06. The summed E-state index contributed by atoms with van der Waals surface area (Å²) >= 11 is 0. The van der Waals surface area contributed by atoms with Crippen LogP contribution in [0.1, 0.15) is 24.1 Å². The Morgan fingerprint density at radius 3 is 2.75 bits per heavy atom. The monoisotopic (exact) mass is 275 g/mol. The zero-order valence-electron chi connectivity index (χ0n) is 11.9. The third-order valence-electron chi connectivity index (χ3n) is 3.24. The molecule has 5 heteroatoms. The van der Waals surface area contributed by atoms with E-state index in [4.69, 9.17) is 9.84 Å². The van der Waals surface area contributed by atoms with E-state index in [1.165, 1.54) is 5.56 Å². The Morgan fingerprint density at radius 2 is 2.10 bits per heavy atom. The van der Waals surface area contributed by atoms with Crippen LogP contribution in [0.3, 0.4) is 0 Å². The quantitative estimate of drug-likeness (QED) is 0.808. The van der Waals surface area contributed by atoms with Crippen LogP contribution in [0.25, 0.3) is 0 Å². The lowest BCUT2D eigenvalue weighted by molar-refractivity contribution is 0.269. The van der Waals surface area contributed by atoms with Gasteiger partial charge in [0.25, 0.3) is 0 Å². The predicted molar refractivity (Wildman–Crippen MR) is 77.6 cm³/mol. The maximum atomic E-state index is 8.85. The van der Waals surface area contributed by atoms with Crippen molar-refractivity contribution in [3.8, 4) is 5.75 Å². The molecule has 0 unspecified atom stereocenters. The van der Waals surface area contributed by atoms with E-state index < -0.39 is 0 Å². The molecular weight excluding hydrogens is 254 g/mol. The summed E-state index contributed by atoms with van der Waals surface area (Å²) in [6.07, 6.45) is 3.77. The molecular formula is C15H21N3O2. The van der Waals surface area contributed by atoms with E-state index in [0.29, 0.717) is 6.54 Å². The third kappa shape index (κ3) is 3.82. The van der Waals surface area contributed by atoms with E-state index in [-0.39, 0.29) is 12.6 Å². The van der Waals surface area contributed by atoms with Crippen LogP contribution in [0.5, 0.6) is 5.75 Å². The van der Waals surface area contributed by atoms with Crippen molar-refractivity contribution in [2.24, 2.45) is 0 Å². The number of aromatic nitrogens is 2. The average Bonchev–Trinajstić information content (AvgIpc) is 2.93. The molecule has 0 aliphatic carbocycles. The Balaban J connectivity index is 1.88.